The summed E-state index contributed by atoms with van der Waals surface area (Å²) in [7, 11) is -1.11. The van der Waals surface area contributed by atoms with E-state index in [9.17, 15) is 0 Å². The number of halogens is 2. The second-order valence-electron chi connectivity index (χ2n) is 9.35. The molecule has 0 saturated carbocycles. The second kappa shape index (κ2) is 10.5. The van der Waals surface area contributed by atoms with Crippen molar-refractivity contribution < 1.29 is 51.0 Å². The molecule has 0 fully saturated rings. The van der Waals surface area contributed by atoms with Crippen LogP contribution in [0.25, 0.3) is 21.9 Å². The summed E-state index contributed by atoms with van der Waals surface area (Å²) >= 11 is 0. The largest absolute Gasteiger partial charge is 3.00 e. The first-order chi connectivity index (χ1) is 14.4. The fraction of sp³-hybridized carbons (Fsp3) is 0.214. The third-order valence-electron chi connectivity index (χ3n) is 6.76. The first kappa shape index (κ1) is 27.9. The Morgan fingerprint density at radius 1 is 0.909 bits per heavy atom. The normalized spacial score (nSPS) is 16.2. The van der Waals surface area contributed by atoms with E-state index in [1.807, 2.05) is 12.4 Å². The standard InChI is InChI=1S/C18H17.C10H11NSi.2ClH.Zr/c1-13(2)16-11-15-9-6-10-17(18(15)12-16)14-7-4-3-5-8-14;1-6-9-7-4-11-5-8(7)10(6)12(9,2)3;;;/h3-13H,1-2H3;4-5H,1-3H3;2*1H;/q-1;;;;+3/p-2. The van der Waals surface area contributed by atoms with Crippen LogP contribution < -0.4 is 24.8 Å². The van der Waals surface area contributed by atoms with Crippen LogP contribution in [-0.4, -0.2) is 14.3 Å². The van der Waals surface area contributed by atoms with Crippen LogP contribution in [0.4, 0.5) is 0 Å². The third kappa shape index (κ3) is 4.50. The van der Waals surface area contributed by atoms with Crippen molar-refractivity contribution in [1.29, 1.82) is 0 Å². The van der Waals surface area contributed by atoms with Gasteiger partial charge in [0.2, 0.25) is 0 Å². The van der Waals surface area contributed by atoms with Crippen LogP contribution in [0.5, 0.6) is 0 Å². The molecule has 1 radical (unpaired) electrons. The quantitative estimate of drug-likeness (QED) is 0.330. The Hall–Kier alpha value is -1.38. The molecule has 1 aliphatic carbocycles. The van der Waals surface area contributed by atoms with Crippen molar-refractivity contribution in [3.05, 3.63) is 99.5 Å². The Labute approximate surface area is 230 Å². The molecule has 3 heterocycles. The number of nitrogens with zero attached hydrogens (tertiary/aromatic N) is 1. The van der Waals surface area contributed by atoms with Gasteiger partial charge in [0.05, 0.1) is 0 Å². The SMILES string of the molecule is CC(C)c1cc2c(-c3ccccc3)cccc2[cH-]1.CC1=C2C3=CN=CC3=C1[Si]2(C)C.[Cl-].[Cl-].[Zr+3]. The average molecular weight is 569 g/mol. The van der Waals surface area contributed by atoms with E-state index in [1.165, 1.54) is 38.6 Å². The van der Waals surface area contributed by atoms with Crippen LogP contribution >= 0.6 is 0 Å². The topological polar surface area (TPSA) is 12.4 Å². The summed E-state index contributed by atoms with van der Waals surface area (Å²) in [4.78, 5) is 4.19. The molecule has 7 rings (SSSR count). The fourth-order valence-corrected chi connectivity index (χ4v) is 9.32. The second-order valence-corrected chi connectivity index (χ2v) is 13.6. The van der Waals surface area contributed by atoms with Gasteiger partial charge in [0.1, 0.15) is 8.07 Å². The van der Waals surface area contributed by atoms with Gasteiger partial charge in [0.25, 0.3) is 0 Å². The summed E-state index contributed by atoms with van der Waals surface area (Å²) in [6, 6.07) is 21.8. The molecule has 33 heavy (non-hydrogen) atoms. The fourth-order valence-electron chi connectivity index (χ4n) is 5.39. The molecular weight excluding hydrogens is 541 g/mol. The third-order valence-corrected chi connectivity index (χ3v) is 10.5. The minimum atomic E-state index is -1.11. The van der Waals surface area contributed by atoms with Crippen molar-refractivity contribution in [1.82, 2.24) is 0 Å². The van der Waals surface area contributed by atoms with Gasteiger partial charge in [-0.15, -0.1) is 34.5 Å². The summed E-state index contributed by atoms with van der Waals surface area (Å²) in [5.74, 6) is 0.584. The number of fused-ring (bicyclic) bond motifs is 1. The summed E-state index contributed by atoms with van der Waals surface area (Å²) in [6.07, 6.45) is 4.06. The van der Waals surface area contributed by atoms with E-state index in [4.69, 9.17) is 0 Å². The van der Waals surface area contributed by atoms with E-state index >= 15 is 0 Å². The zero-order valence-electron chi connectivity index (χ0n) is 19.7. The van der Waals surface area contributed by atoms with Gasteiger partial charge in [-0.05, 0) is 28.8 Å². The minimum absolute atomic E-state index is 0. The molecule has 5 heteroatoms. The van der Waals surface area contributed by atoms with E-state index in [-0.39, 0.29) is 51.0 Å². The monoisotopic (exact) mass is 566 g/mol. The van der Waals surface area contributed by atoms with Gasteiger partial charge in [0.15, 0.2) is 0 Å². The average Bonchev–Trinajstić information content (AvgIpc) is 3.45. The van der Waals surface area contributed by atoms with Crippen molar-refractivity contribution in [2.45, 2.75) is 39.8 Å². The zero-order chi connectivity index (χ0) is 21.0. The van der Waals surface area contributed by atoms with Crippen molar-refractivity contribution in [3.63, 3.8) is 0 Å². The molecular formula is C28H28Cl2NSiZr. The number of rotatable bonds is 2. The smallest absolute Gasteiger partial charge is 1.00 e. The minimum Gasteiger partial charge on any atom is -1.00 e. The molecule has 3 aromatic carbocycles. The van der Waals surface area contributed by atoms with Gasteiger partial charge in [-0.2, -0.15) is 6.07 Å². The van der Waals surface area contributed by atoms with Gasteiger partial charge < -0.3 is 24.8 Å². The zero-order valence-corrected chi connectivity index (χ0v) is 24.7. The maximum absolute atomic E-state index is 4.19. The number of hydrogen-bond donors (Lipinski definition) is 0. The van der Waals surface area contributed by atoms with Crippen LogP contribution in [0.15, 0.2) is 99.0 Å². The Bertz CT molecular complexity index is 1290. The van der Waals surface area contributed by atoms with Crippen molar-refractivity contribution in [2.75, 3.05) is 0 Å². The van der Waals surface area contributed by atoms with E-state index in [1.54, 1.807) is 16.0 Å². The molecule has 0 saturated heterocycles. The Morgan fingerprint density at radius 2 is 1.61 bits per heavy atom. The molecule has 0 amide bonds. The summed E-state index contributed by atoms with van der Waals surface area (Å²) in [6.45, 7) is 11.6. The maximum atomic E-state index is 4.19. The molecule has 167 valence electrons. The van der Waals surface area contributed by atoms with Crippen LogP contribution in [0.1, 0.15) is 32.3 Å². The molecule has 0 N–H and O–H groups in total. The van der Waals surface area contributed by atoms with Gasteiger partial charge in [-0.25, -0.2) is 0 Å². The van der Waals surface area contributed by atoms with E-state index in [2.05, 4.69) is 99.5 Å². The molecule has 3 aliphatic heterocycles. The van der Waals surface area contributed by atoms with E-state index in [0.29, 0.717) is 5.92 Å². The van der Waals surface area contributed by atoms with Crippen LogP contribution in [0.3, 0.4) is 0 Å². The number of hydrogen-bond acceptors (Lipinski definition) is 1. The van der Waals surface area contributed by atoms with E-state index in [0.717, 1.165) is 0 Å². The van der Waals surface area contributed by atoms with Crippen molar-refractivity contribution in [2.24, 2.45) is 4.99 Å². The molecule has 2 bridgehead atoms. The molecule has 4 aliphatic rings. The molecule has 0 spiro atoms. The Balaban J connectivity index is 0.000000227. The maximum Gasteiger partial charge on any atom is 3.00 e. The molecule has 0 atom stereocenters. The van der Waals surface area contributed by atoms with Gasteiger partial charge in [-0.1, -0.05) is 74.5 Å². The molecule has 0 aromatic heterocycles. The molecule has 3 aromatic rings. The van der Waals surface area contributed by atoms with Gasteiger partial charge >= 0.3 is 26.2 Å². The first-order valence-corrected chi connectivity index (χ1v) is 13.8. The van der Waals surface area contributed by atoms with Crippen molar-refractivity contribution >= 4 is 25.1 Å². The number of allylic oxidation sites excluding steroid dienone is 5. The van der Waals surface area contributed by atoms with E-state index < -0.39 is 8.07 Å². The van der Waals surface area contributed by atoms with Gasteiger partial charge in [-0.3, -0.25) is 4.99 Å². The predicted octanol–water partition coefficient (Wildman–Crippen LogP) is 1.74. The Kier molecular flexibility index (Phi) is 8.85. The van der Waals surface area contributed by atoms with Crippen LogP contribution in [-0.2, 0) is 26.2 Å². The number of benzene rings is 2. The first-order valence-electron chi connectivity index (χ1n) is 10.8. The summed E-state index contributed by atoms with van der Waals surface area (Å²) in [5, 5.41) is 6.03. The predicted molar refractivity (Wildman–Crippen MR) is 133 cm³/mol. The molecule has 1 nitrogen and oxygen atoms in total. The summed E-state index contributed by atoms with van der Waals surface area (Å²) in [5.41, 5.74) is 8.50. The van der Waals surface area contributed by atoms with Crippen molar-refractivity contribution in [3.8, 4) is 11.1 Å². The molecule has 0 unspecified atom stereocenters. The van der Waals surface area contributed by atoms with Crippen LogP contribution in [0, 0.1) is 0 Å². The summed E-state index contributed by atoms with van der Waals surface area (Å²) < 4.78 is 0. The van der Waals surface area contributed by atoms with Crippen LogP contribution in [0.2, 0.25) is 13.1 Å². The Morgan fingerprint density at radius 3 is 2.21 bits per heavy atom. The van der Waals surface area contributed by atoms with Gasteiger partial charge in [0, 0.05) is 23.6 Å². The number of aliphatic imine (C=N–C) groups is 1.